The highest BCUT2D eigenvalue weighted by Gasteiger charge is 2.18. The molecule has 168 valence electrons. The normalized spacial score (nSPS) is 11.3. The molecular weight excluding hydrogens is 396 g/mol. The SMILES string of the molecule is COCCn1c(C)cc(C(=O)COC(=O)CNC(=O)c2ccc(C(C)(C)C)cc2)c1C. The number of benzene rings is 1. The van der Waals surface area contributed by atoms with Crippen LogP contribution >= 0.6 is 0 Å². The molecule has 0 saturated carbocycles. The maximum Gasteiger partial charge on any atom is 0.325 e. The van der Waals surface area contributed by atoms with E-state index < -0.39 is 5.97 Å². The van der Waals surface area contributed by atoms with Gasteiger partial charge in [-0.2, -0.15) is 0 Å². The van der Waals surface area contributed by atoms with E-state index >= 15 is 0 Å². The zero-order chi connectivity index (χ0) is 23.2. The van der Waals surface area contributed by atoms with Crippen LogP contribution in [-0.4, -0.2) is 49.1 Å². The van der Waals surface area contributed by atoms with Crippen molar-refractivity contribution in [3.05, 3.63) is 58.4 Å². The van der Waals surface area contributed by atoms with Crippen LogP contribution in [0.4, 0.5) is 0 Å². The van der Waals surface area contributed by atoms with Crippen LogP contribution < -0.4 is 5.32 Å². The molecule has 1 aromatic heterocycles. The van der Waals surface area contributed by atoms with Crippen molar-refractivity contribution in [3.63, 3.8) is 0 Å². The Balaban J connectivity index is 1.85. The number of carbonyl (C=O) groups excluding carboxylic acids is 3. The van der Waals surface area contributed by atoms with Crippen molar-refractivity contribution in [1.82, 2.24) is 9.88 Å². The van der Waals surface area contributed by atoms with Crippen molar-refractivity contribution in [3.8, 4) is 0 Å². The fraction of sp³-hybridized carbons (Fsp3) is 0.458. The van der Waals surface area contributed by atoms with Gasteiger partial charge in [0.25, 0.3) is 5.91 Å². The lowest BCUT2D eigenvalue weighted by atomic mass is 9.87. The first-order valence-electron chi connectivity index (χ1n) is 10.3. The fourth-order valence-corrected chi connectivity index (χ4v) is 3.26. The van der Waals surface area contributed by atoms with Crippen molar-refractivity contribution in [1.29, 1.82) is 0 Å². The minimum Gasteiger partial charge on any atom is -0.456 e. The average Bonchev–Trinajstić information content (AvgIpc) is 3.01. The molecular formula is C24H32N2O5. The number of nitrogens with zero attached hydrogens (tertiary/aromatic N) is 1. The molecule has 0 bridgehead atoms. The van der Waals surface area contributed by atoms with Gasteiger partial charge in [0.15, 0.2) is 6.61 Å². The number of hydrogen-bond donors (Lipinski definition) is 1. The van der Waals surface area contributed by atoms with E-state index in [-0.39, 0.29) is 30.3 Å². The van der Waals surface area contributed by atoms with Crippen LogP contribution in [-0.2, 0) is 26.2 Å². The lowest BCUT2D eigenvalue weighted by Crippen LogP contribution is -2.31. The van der Waals surface area contributed by atoms with Gasteiger partial charge in [-0.3, -0.25) is 14.4 Å². The number of aromatic nitrogens is 1. The Hall–Kier alpha value is -2.93. The van der Waals surface area contributed by atoms with Gasteiger partial charge in [0.05, 0.1) is 6.61 Å². The summed E-state index contributed by atoms with van der Waals surface area (Å²) in [6, 6.07) is 9.03. The summed E-state index contributed by atoms with van der Waals surface area (Å²) in [7, 11) is 1.62. The van der Waals surface area contributed by atoms with Crippen LogP contribution in [0.3, 0.4) is 0 Å². The topological polar surface area (TPSA) is 86.6 Å². The fourth-order valence-electron chi connectivity index (χ4n) is 3.26. The first-order chi connectivity index (χ1) is 14.5. The number of nitrogens with one attached hydrogen (secondary N) is 1. The number of esters is 1. The molecule has 0 fully saturated rings. The molecule has 2 rings (SSSR count). The maximum absolute atomic E-state index is 12.5. The lowest BCUT2D eigenvalue weighted by molar-refractivity contribution is -0.141. The number of carbonyl (C=O) groups is 3. The molecule has 1 aromatic carbocycles. The molecule has 0 aliphatic heterocycles. The molecule has 31 heavy (non-hydrogen) atoms. The average molecular weight is 429 g/mol. The van der Waals surface area contributed by atoms with E-state index in [4.69, 9.17) is 9.47 Å². The number of ketones is 1. The third-order valence-corrected chi connectivity index (χ3v) is 5.16. The highest BCUT2D eigenvalue weighted by Crippen LogP contribution is 2.22. The third kappa shape index (κ3) is 6.52. The van der Waals surface area contributed by atoms with Gasteiger partial charge in [0.1, 0.15) is 6.54 Å². The van der Waals surface area contributed by atoms with Gasteiger partial charge >= 0.3 is 5.97 Å². The van der Waals surface area contributed by atoms with Gasteiger partial charge in [0, 0.05) is 36.2 Å². The second-order valence-corrected chi connectivity index (χ2v) is 8.52. The van der Waals surface area contributed by atoms with E-state index in [0.717, 1.165) is 17.0 Å². The Morgan fingerprint density at radius 1 is 1.06 bits per heavy atom. The number of rotatable bonds is 9. The number of hydrogen-bond acceptors (Lipinski definition) is 5. The number of methoxy groups -OCH3 is 1. The van der Waals surface area contributed by atoms with E-state index in [0.29, 0.717) is 24.3 Å². The summed E-state index contributed by atoms with van der Waals surface area (Å²) in [5.74, 6) is -1.32. The minimum atomic E-state index is -0.666. The highest BCUT2D eigenvalue weighted by molar-refractivity contribution is 6.00. The first-order valence-corrected chi connectivity index (χ1v) is 10.3. The molecule has 0 atom stereocenters. The van der Waals surface area contributed by atoms with Gasteiger partial charge in [-0.05, 0) is 43.0 Å². The summed E-state index contributed by atoms with van der Waals surface area (Å²) < 4.78 is 12.1. The Labute approximate surface area is 183 Å². The third-order valence-electron chi connectivity index (χ3n) is 5.16. The van der Waals surface area contributed by atoms with Crippen molar-refractivity contribution >= 4 is 17.7 Å². The highest BCUT2D eigenvalue weighted by atomic mass is 16.5. The Morgan fingerprint density at radius 3 is 2.29 bits per heavy atom. The van der Waals surface area contributed by atoms with Crippen LogP contribution in [0.1, 0.15) is 58.4 Å². The molecule has 7 heteroatoms. The predicted octanol–water partition coefficient (Wildman–Crippen LogP) is 3.20. The van der Waals surface area contributed by atoms with Gasteiger partial charge in [-0.1, -0.05) is 32.9 Å². The Kier molecular flexibility index (Phi) is 8.16. The second-order valence-electron chi connectivity index (χ2n) is 8.52. The van der Waals surface area contributed by atoms with Crippen molar-refractivity contribution < 1.29 is 23.9 Å². The van der Waals surface area contributed by atoms with E-state index in [9.17, 15) is 14.4 Å². The minimum absolute atomic E-state index is 0.00694. The summed E-state index contributed by atoms with van der Waals surface area (Å²) in [4.78, 5) is 36.7. The summed E-state index contributed by atoms with van der Waals surface area (Å²) in [5, 5.41) is 2.53. The summed E-state index contributed by atoms with van der Waals surface area (Å²) in [6.07, 6.45) is 0. The van der Waals surface area contributed by atoms with Crippen LogP contribution in [0.2, 0.25) is 0 Å². The number of aryl methyl sites for hydroxylation is 1. The van der Waals surface area contributed by atoms with E-state index in [1.54, 1.807) is 25.3 Å². The van der Waals surface area contributed by atoms with E-state index in [1.807, 2.05) is 30.5 Å². The maximum atomic E-state index is 12.5. The monoisotopic (exact) mass is 428 g/mol. The summed E-state index contributed by atoms with van der Waals surface area (Å²) >= 11 is 0. The van der Waals surface area contributed by atoms with Gasteiger partial charge in [-0.25, -0.2) is 0 Å². The summed E-state index contributed by atoms with van der Waals surface area (Å²) in [6.45, 7) is 10.5. The molecule has 0 spiro atoms. The molecule has 0 unspecified atom stereocenters. The van der Waals surface area contributed by atoms with Crippen LogP contribution in [0.15, 0.2) is 30.3 Å². The summed E-state index contributed by atoms with van der Waals surface area (Å²) in [5.41, 5.74) is 3.83. The van der Waals surface area contributed by atoms with Crippen LogP contribution in [0.5, 0.6) is 0 Å². The van der Waals surface area contributed by atoms with Crippen molar-refractivity contribution in [2.24, 2.45) is 0 Å². The zero-order valence-corrected chi connectivity index (χ0v) is 19.2. The molecule has 1 heterocycles. The molecule has 7 nitrogen and oxygen atoms in total. The molecule has 2 aromatic rings. The van der Waals surface area contributed by atoms with Crippen molar-refractivity contribution in [2.45, 2.75) is 46.6 Å². The van der Waals surface area contributed by atoms with Gasteiger partial charge in [0.2, 0.25) is 5.78 Å². The largest absolute Gasteiger partial charge is 0.456 e. The van der Waals surface area contributed by atoms with E-state index in [2.05, 4.69) is 26.1 Å². The first kappa shape index (κ1) is 24.3. The molecule has 0 aliphatic carbocycles. The standard InChI is InChI=1S/C24H32N2O5/c1-16-13-20(17(2)26(16)11-12-30-6)21(27)15-31-22(28)14-25-23(29)18-7-9-19(10-8-18)24(3,4)5/h7-10,13H,11-12,14-15H2,1-6H3,(H,25,29). The predicted molar refractivity (Wildman–Crippen MR) is 119 cm³/mol. The zero-order valence-electron chi connectivity index (χ0n) is 19.2. The molecule has 0 radical (unpaired) electrons. The Morgan fingerprint density at radius 2 is 1.71 bits per heavy atom. The smallest absolute Gasteiger partial charge is 0.325 e. The molecule has 0 saturated heterocycles. The second kappa shape index (κ2) is 10.4. The van der Waals surface area contributed by atoms with E-state index in [1.165, 1.54) is 0 Å². The van der Waals surface area contributed by atoms with Crippen molar-refractivity contribution in [2.75, 3.05) is 26.9 Å². The quantitative estimate of drug-likeness (QED) is 0.490. The molecule has 1 N–H and O–H groups in total. The lowest BCUT2D eigenvalue weighted by Gasteiger charge is -2.19. The van der Waals surface area contributed by atoms with Gasteiger partial charge in [-0.15, -0.1) is 0 Å². The van der Waals surface area contributed by atoms with Gasteiger partial charge < -0.3 is 19.4 Å². The Bertz CT molecular complexity index is 936. The van der Waals surface area contributed by atoms with Crippen LogP contribution in [0.25, 0.3) is 0 Å². The number of Topliss-reactive ketones (excluding diaryl/α,β-unsaturated/α-hetero) is 1. The number of amides is 1. The molecule has 1 amide bonds. The number of ether oxygens (including phenoxy) is 2. The molecule has 0 aliphatic rings. The van der Waals surface area contributed by atoms with Crippen LogP contribution in [0, 0.1) is 13.8 Å².